The fraction of sp³-hybridized carbons (Fsp3) is 0.400. The van der Waals surface area contributed by atoms with E-state index in [-0.39, 0.29) is 5.75 Å². The molecule has 0 aliphatic carbocycles. The van der Waals surface area contributed by atoms with Gasteiger partial charge >= 0.3 is 0 Å². The normalized spacial score (nSPS) is 10.9. The van der Waals surface area contributed by atoms with E-state index in [1.54, 1.807) is 12.1 Å². The Kier molecular flexibility index (Phi) is 5.44. The number of benzene rings is 1. The van der Waals surface area contributed by atoms with Gasteiger partial charge in [-0.2, -0.15) is 0 Å². The highest BCUT2D eigenvalue weighted by atomic mass is 35.5. The smallest absolute Gasteiger partial charge is 0.151 e. The van der Waals surface area contributed by atoms with Crippen LogP contribution >= 0.6 is 11.6 Å². The van der Waals surface area contributed by atoms with Crippen molar-refractivity contribution in [3.8, 4) is 5.75 Å². The number of phenols is 1. The van der Waals surface area contributed by atoms with Gasteiger partial charge in [0.05, 0.1) is 5.69 Å². The minimum atomic E-state index is 0.283. The van der Waals surface area contributed by atoms with Crippen molar-refractivity contribution in [2.75, 3.05) is 0 Å². The van der Waals surface area contributed by atoms with E-state index >= 15 is 0 Å². The number of aromatic amines is 1. The third-order valence-corrected chi connectivity index (χ3v) is 3.42. The van der Waals surface area contributed by atoms with Crippen molar-refractivity contribution in [3.63, 3.8) is 0 Å². The molecule has 1 heterocycles. The Bertz CT molecular complexity index is 537. The number of nitrogens with one attached hydrogen (secondary N) is 2. The maximum absolute atomic E-state index is 9.22. The molecule has 0 fully saturated rings. The molecule has 0 unspecified atom stereocenters. The van der Waals surface area contributed by atoms with Gasteiger partial charge in [0.25, 0.3) is 0 Å². The fourth-order valence-corrected chi connectivity index (χ4v) is 2.18. The van der Waals surface area contributed by atoms with Gasteiger partial charge in [-0.15, -0.1) is 0 Å². The lowest BCUT2D eigenvalue weighted by atomic mass is 10.2. The summed E-state index contributed by atoms with van der Waals surface area (Å²) < 4.78 is 0. The first-order chi connectivity index (χ1) is 9.69. The first-order valence-electron chi connectivity index (χ1n) is 6.91. The van der Waals surface area contributed by atoms with Crippen LogP contribution in [0.15, 0.2) is 24.3 Å². The number of H-pyrrole nitrogens is 1. The lowest BCUT2D eigenvalue weighted by Crippen LogP contribution is -2.13. The van der Waals surface area contributed by atoms with Gasteiger partial charge in [0.1, 0.15) is 11.6 Å². The number of rotatable bonds is 7. The topological polar surface area (TPSA) is 60.9 Å². The van der Waals surface area contributed by atoms with Crippen LogP contribution in [0.25, 0.3) is 0 Å². The Morgan fingerprint density at radius 3 is 2.70 bits per heavy atom. The van der Waals surface area contributed by atoms with Gasteiger partial charge in [0.15, 0.2) is 5.15 Å². The van der Waals surface area contributed by atoms with Crippen molar-refractivity contribution in [3.05, 3.63) is 46.5 Å². The van der Waals surface area contributed by atoms with E-state index in [4.69, 9.17) is 11.6 Å². The van der Waals surface area contributed by atoms with E-state index in [1.807, 2.05) is 12.1 Å². The zero-order chi connectivity index (χ0) is 14.4. The molecule has 20 heavy (non-hydrogen) atoms. The number of nitrogens with zero attached hydrogens (tertiary/aromatic N) is 1. The molecule has 1 aromatic heterocycles. The highest BCUT2D eigenvalue weighted by Gasteiger charge is 2.07. The largest absolute Gasteiger partial charge is 0.508 e. The molecular formula is C15H20ClN3O. The molecule has 0 bridgehead atoms. The average Bonchev–Trinajstić information content (AvgIpc) is 2.79. The van der Waals surface area contributed by atoms with Gasteiger partial charge in [-0.25, -0.2) is 4.98 Å². The molecule has 0 atom stereocenters. The molecule has 2 rings (SSSR count). The molecule has 108 valence electrons. The summed E-state index contributed by atoms with van der Waals surface area (Å²) in [5, 5.41) is 13.1. The fourth-order valence-electron chi connectivity index (χ4n) is 1.97. The molecule has 2 aromatic rings. The maximum Gasteiger partial charge on any atom is 0.151 e. The zero-order valence-electron chi connectivity index (χ0n) is 11.6. The number of hydrogen-bond acceptors (Lipinski definition) is 3. The SMILES string of the molecule is CCCCc1nc(Cl)c(CNCc2ccc(O)cc2)[nH]1. The predicted octanol–water partition coefficient (Wildman–Crippen LogP) is 3.40. The summed E-state index contributed by atoms with van der Waals surface area (Å²) in [6.45, 7) is 3.53. The van der Waals surface area contributed by atoms with Crippen molar-refractivity contribution >= 4 is 11.6 Å². The molecule has 0 saturated heterocycles. The lowest BCUT2D eigenvalue weighted by Gasteiger charge is -2.04. The summed E-state index contributed by atoms with van der Waals surface area (Å²) in [6.07, 6.45) is 3.20. The molecule has 0 amide bonds. The average molecular weight is 294 g/mol. The Hall–Kier alpha value is -1.52. The summed E-state index contributed by atoms with van der Waals surface area (Å²) in [6, 6.07) is 7.15. The van der Waals surface area contributed by atoms with Crippen LogP contribution in [0, 0.1) is 0 Å². The number of aromatic hydroxyl groups is 1. The van der Waals surface area contributed by atoms with Crippen molar-refractivity contribution < 1.29 is 5.11 Å². The predicted molar refractivity (Wildman–Crippen MR) is 80.9 cm³/mol. The van der Waals surface area contributed by atoms with Gasteiger partial charge in [0.2, 0.25) is 0 Å². The highest BCUT2D eigenvalue weighted by Crippen LogP contribution is 2.14. The Balaban J connectivity index is 1.84. The highest BCUT2D eigenvalue weighted by molar-refractivity contribution is 6.30. The van der Waals surface area contributed by atoms with E-state index < -0.39 is 0 Å². The van der Waals surface area contributed by atoms with Gasteiger partial charge in [-0.1, -0.05) is 37.1 Å². The second-order valence-electron chi connectivity index (χ2n) is 4.83. The summed E-state index contributed by atoms with van der Waals surface area (Å²) in [5.41, 5.74) is 2.04. The van der Waals surface area contributed by atoms with Crippen molar-refractivity contribution in [1.29, 1.82) is 0 Å². The second-order valence-corrected chi connectivity index (χ2v) is 5.18. The van der Waals surface area contributed by atoms with E-state index in [2.05, 4.69) is 22.2 Å². The van der Waals surface area contributed by atoms with E-state index in [9.17, 15) is 5.11 Å². The maximum atomic E-state index is 9.22. The molecule has 0 aliphatic rings. The molecule has 4 nitrogen and oxygen atoms in total. The van der Waals surface area contributed by atoms with Crippen LogP contribution in [0.1, 0.15) is 36.8 Å². The molecular weight excluding hydrogens is 274 g/mol. The molecule has 5 heteroatoms. The van der Waals surface area contributed by atoms with Gasteiger partial charge in [-0.3, -0.25) is 0 Å². The Labute approximate surface area is 124 Å². The standard InChI is InChI=1S/C15H20ClN3O/c1-2-3-4-14-18-13(15(16)19-14)10-17-9-11-5-7-12(20)8-6-11/h5-8,17,20H,2-4,9-10H2,1H3,(H,18,19). The van der Waals surface area contributed by atoms with Crippen LogP contribution < -0.4 is 5.32 Å². The van der Waals surface area contributed by atoms with Crippen molar-refractivity contribution in [2.45, 2.75) is 39.3 Å². The summed E-state index contributed by atoms with van der Waals surface area (Å²) in [4.78, 5) is 7.59. The van der Waals surface area contributed by atoms with E-state index in [0.717, 1.165) is 42.9 Å². The van der Waals surface area contributed by atoms with Crippen LogP contribution in [0.3, 0.4) is 0 Å². The molecule has 0 aliphatic heterocycles. The minimum Gasteiger partial charge on any atom is -0.508 e. The third kappa shape index (κ3) is 4.25. The molecule has 1 aromatic carbocycles. The molecule has 3 N–H and O–H groups in total. The number of aryl methyl sites for hydroxylation is 1. The zero-order valence-corrected chi connectivity index (χ0v) is 12.4. The monoisotopic (exact) mass is 293 g/mol. The number of aromatic nitrogens is 2. The minimum absolute atomic E-state index is 0.283. The number of halogens is 1. The van der Waals surface area contributed by atoms with Crippen molar-refractivity contribution in [2.24, 2.45) is 0 Å². The number of phenolic OH excluding ortho intramolecular Hbond substituents is 1. The number of imidazole rings is 1. The van der Waals surface area contributed by atoms with Crippen molar-refractivity contribution in [1.82, 2.24) is 15.3 Å². The van der Waals surface area contributed by atoms with Gasteiger partial charge in [0, 0.05) is 19.5 Å². The molecule has 0 saturated carbocycles. The van der Waals surface area contributed by atoms with Crippen LogP contribution in [-0.4, -0.2) is 15.1 Å². The van der Waals surface area contributed by atoms with Crippen LogP contribution in [0.5, 0.6) is 5.75 Å². The lowest BCUT2D eigenvalue weighted by molar-refractivity contribution is 0.475. The van der Waals surface area contributed by atoms with E-state index in [1.165, 1.54) is 0 Å². The Morgan fingerprint density at radius 1 is 1.25 bits per heavy atom. The Morgan fingerprint density at radius 2 is 2.00 bits per heavy atom. The molecule has 0 radical (unpaired) electrons. The second kappa shape index (κ2) is 7.31. The van der Waals surface area contributed by atoms with Gasteiger partial charge < -0.3 is 15.4 Å². The quantitative estimate of drug-likeness (QED) is 0.733. The van der Waals surface area contributed by atoms with Crippen LogP contribution in [0.2, 0.25) is 5.15 Å². The van der Waals surface area contributed by atoms with Gasteiger partial charge in [-0.05, 0) is 24.1 Å². The first kappa shape index (κ1) is 14.9. The van der Waals surface area contributed by atoms with Crippen LogP contribution in [-0.2, 0) is 19.5 Å². The number of unbranched alkanes of at least 4 members (excludes halogenated alkanes) is 1. The van der Waals surface area contributed by atoms with E-state index in [0.29, 0.717) is 11.7 Å². The molecule has 0 spiro atoms. The summed E-state index contributed by atoms with van der Waals surface area (Å²) >= 11 is 6.11. The van der Waals surface area contributed by atoms with Crippen LogP contribution in [0.4, 0.5) is 0 Å². The third-order valence-electron chi connectivity index (χ3n) is 3.11. The summed E-state index contributed by atoms with van der Waals surface area (Å²) in [5.74, 6) is 1.24. The number of hydrogen-bond donors (Lipinski definition) is 3. The summed E-state index contributed by atoms with van der Waals surface area (Å²) in [7, 11) is 0. The first-order valence-corrected chi connectivity index (χ1v) is 7.28.